The SMILES string of the molecule is O=C(CCl)N(CCc1ccc(Cl)cc1Cl)Cc1ccc(F)cc1. The van der Waals surface area contributed by atoms with Gasteiger partial charge in [0.25, 0.3) is 0 Å². The highest BCUT2D eigenvalue weighted by atomic mass is 35.5. The summed E-state index contributed by atoms with van der Waals surface area (Å²) < 4.78 is 13.0. The second kappa shape index (κ2) is 8.53. The van der Waals surface area contributed by atoms with E-state index < -0.39 is 0 Å². The maximum absolute atomic E-state index is 13.0. The predicted octanol–water partition coefficient (Wildman–Crippen LogP) is 4.94. The Morgan fingerprint density at radius 2 is 1.78 bits per heavy atom. The van der Waals surface area contributed by atoms with Crippen molar-refractivity contribution in [3.63, 3.8) is 0 Å². The summed E-state index contributed by atoms with van der Waals surface area (Å²) in [7, 11) is 0. The molecule has 0 fully saturated rings. The molecular formula is C17H15Cl3FNO. The van der Waals surface area contributed by atoms with Gasteiger partial charge in [0.2, 0.25) is 5.91 Å². The van der Waals surface area contributed by atoms with Gasteiger partial charge in [-0.25, -0.2) is 4.39 Å². The van der Waals surface area contributed by atoms with E-state index in [1.54, 1.807) is 29.2 Å². The highest BCUT2D eigenvalue weighted by Gasteiger charge is 2.14. The molecule has 0 aliphatic heterocycles. The molecule has 2 aromatic rings. The monoisotopic (exact) mass is 373 g/mol. The molecule has 0 N–H and O–H groups in total. The van der Waals surface area contributed by atoms with Gasteiger partial charge < -0.3 is 4.90 Å². The molecule has 0 saturated carbocycles. The van der Waals surface area contributed by atoms with E-state index in [0.717, 1.165) is 11.1 Å². The zero-order valence-electron chi connectivity index (χ0n) is 12.2. The van der Waals surface area contributed by atoms with E-state index >= 15 is 0 Å². The van der Waals surface area contributed by atoms with Gasteiger partial charge in [-0.15, -0.1) is 11.6 Å². The Hall–Kier alpha value is -1.29. The number of hydrogen-bond donors (Lipinski definition) is 0. The lowest BCUT2D eigenvalue weighted by atomic mass is 10.1. The first-order valence-corrected chi connectivity index (χ1v) is 8.30. The third kappa shape index (κ3) is 5.38. The maximum atomic E-state index is 13.0. The minimum absolute atomic E-state index is 0.102. The Bertz CT molecular complexity index is 676. The maximum Gasteiger partial charge on any atom is 0.237 e. The highest BCUT2D eigenvalue weighted by Crippen LogP contribution is 2.22. The van der Waals surface area contributed by atoms with Crippen molar-refractivity contribution in [3.8, 4) is 0 Å². The fourth-order valence-corrected chi connectivity index (χ4v) is 2.84. The van der Waals surface area contributed by atoms with Crippen molar-refractivity contribution < 1.29 is 9.18 Å². The van der Waals surface area contributed by atoms with E-state index in [1.807, 2.05) is 6.07 Å². The summed E-state index contributed by atoms with van der Waals surface area (Å²) in [6.45, 7) is 0.835. The number of hydrogen-bond acceptors (Lipinski definition) is 1. The van der Waals surface area contributed by atoms with Gasteiger partial charge in [0.15, 0.2) is 0 Å². The van der Waals surface area contributed by atoms with Gasteiger partial charge in [-0.1, -0.05) is 41.4 Å². The van der Waals surface area contributed by atoms with Gasteiger partial charge in [-0.3, -0.25) is 4.79 Å². The first kappa shape index (κ1) is 18.1. The van der Waals surface area contributed by atoms with E-state index in [1.165, 1.54) is 12.1 Å². The average molecular weight is 375 g/mol. The molecule has 2 aromatic carbocycles. The summed E-state index contributed by atoms with van der Waals surface area (Å²) in [6, 6.07) is 11.3. The molecule has 2 rings (SSSR count). The Labute approximate surface area is 149 Å². The molecule has 0 bridgehead atoms. The zero-order chi connectivity index (χ0) is 16.8. The lowest BCUT2D eigenvalue weighted by molar-refractivity contribution is -0.129. The Morgan fingerprint density at radius 1 is 1.09 bits per heavy atom. The molecule has 0 aliphatic carbocycles. The fourth-order valence-electron chi connectivity index (χ4n) is 2.17. The van der Waals surface area contributed by atoms with Gasteiger partial charge in [0, 0.05) is 23.1 Å². The van der Waals surface area contributed by atoms with E-state index in [2.05, 4.69) is 0 Å². The van der Waals surface area contributed by atoms with E-state index in [-0.39, 0.29) is 17.6 Å². The minimum atomic E-state index is -0.308. The van der Waals surface area contributed by atoms with E-state index in [9.17, 15) is 9.18 Å². The van der Waals surface area contributed by atoms with Crippen LogP contribution in [0.2, 0.25) is 10.0 Å². The van der Waals surface area contributed by atoms with Crippen LogP contribution < -0.4 is 0 Å². The van der Waals surface area contributed by atoms with Crippen molar-refractivity contribution in [1.29, 1.82) is 0 Å². The number of amides is 1. The lowest BCUT2D eigenvalue weighted by Gasteiger charge is -2.22. The molecule has 2 nitrogen and oxygen atoms in total. The molecule has 0 aromatic heterocycles. The van der Waals surface area contributed by atoms with Crippen LogP contribution in [0.1, 0.15) is 11.1 Å². The molecule has 6 heteroatoms. The topological polar surface area (TPSA) is 20.3 Å². The van der Waals surface area contributed by atoms with E-state index in [4.69, 9.17) is 34.8 Å². The number of nitrogens with zero attached hydrogens (tertiary/aromatic N) is 1. The molecule has 23 heavy (non-hydrogen) atoms. The van der Waals surface area contributed by atoms with Gasteiger partial charge in [0.05, 0.1) is 0 Å². The van der Waals surface area contributed by atoms with Gasteiger partial charge in [-0.2, -0.15) is 0 Å². The number of rotatable bonds is 6. The largest absolute Gasteiger partial charge is 0.337 e. The first-order valence-electron chi connectivity index (χ1n) is 7.01. The average Bonchev–Trinajstić information content (AvgIpc) is 2.54. The van der Waals surface area contributed by atoms with Crippen LogP contribution >= 0.6 is 34.8 Å². The van der Waals surface area contributed by atoms with Crippen molar-refractivity contribution in [2.24, 2.45) is 0 Å². The third-order valence-electron chi connectivity index (χ3n) is 3.42. The summed E-state index contributed by atoms with van der Waals surface area (Å²) in [4.78, 5) is 13.6. The van der Waals surface area contributed by atoms with Gasteiger partial charge in [-0.05, 0) is 41.8 Å². The quantitative estimate of drug-likeness (QED) is 0.656. The molecule has 0 saturated heterocycles. The molecule has 0 spiro atoms. The highest BCUT2D eigenvalue weighted by molar-refractivity contribution is 6.35. The Balaban J connectivity index is 2.06. The van der Waals surface area contributed by atoms with Crippen molar-refractivity contribution in [2.75, 3.05) is 12.4 Å². The normalized spacial score (nSPS) is 10.6. The summed E-state index contributed by atoms with van der Waals surface area (Å²) in [5, 5.41) is 1.14. The number of halogens is 4. The molecular weight excluding hydrogens is 360 g/mol. The fraction of sp³-hybridized carbons (Fsp3) is 0.235. The molecule has 0 atom stereocenters. The molecule has 0 radical (unpaired) electrons. The molecule has 1 amide bonds. The second-order valence-corrected chi connectivity index (χ2v) is 6.17. The number of alkyl halides is 1. The van der Waals surface area contributed by atoms with Crippen LogP contribution in [-0.2, 0) is 17.8 Å². The smallest absolute Gasteiger partial charge is 0.237 e. The van der Waals surface area contributed by atoms with Crippen LogP contribution in [0.15, 0.2) is 42.5 Å². The van der Waals surface area contributed by atoms with Crippen LogP contribution in [0.5, 0.6) is 0 Å². The first-order chi connectivity index (χ1) is 11.0. The predicted molar refractivity (Wildman–Crippen MR) is 92.7 cm³/mol. The van der Waals surface area contributed by atoms with Crippen molar-refractivity contribution in [1.82, 2.24) is 4.90 Å². The molecule has 0 unspecified atom stereocenters. The van der Waals surface area contributed by atoms with Crippen molar-refractivity contribution in [2.45, 2.75) is 13.0 Å². The molecule has 122 valence electrons. The number of carbonyl (C=O) groups is 1. The van der Waals surface area contributed by atoms with Crippen LogP contribution in [0.25, 0.3) is 0 Å². The number of carbonyl (C=O) groups excluding carboxylic acids is 1. The third-order valence-corrected chi connectivity index (χ3v) is 4.24. The lowest BCUT2D eigenvalue weighted by Crippen LogP contribution is -2.33. The number of benzene rings is 2. The standard InChI is InChI=1S/C17H15Cl3FNO/c18-10-17(23)22(11-12-1-5-15(21)6-2-12)8-7-13-3-4-14(19)9-16(13)20/h1-6,9H,7-8,10-11H2. The van der Waals surface area contributed by atoms with Crippen LogP contribution in [-0.4, -0.2) is 23.2 Å². The van der Waals surface area contributed by atoms with Gasteiger partial charge >= 0.3 is 0 Å². The van der Waals surface area contributed by atoms with Gasteiger partial charge in [0.1, 0.15) is 11.7 Å². The Kier molecular flexibility index (Phi) is 6.70. The Morgan fingerprint density at radius 3 is 2.39 bits per heavy atom. The van der Waals surface area contributed by atoms with Crippen LogP contribution in [0, 0.1) is 5.82 Å². The van der Waals surface area contributed by atoms with Crippen LogP contribution in [0.3, 0.4) is 0 Å². The summed E-state index contributed by atoms with van der Waals surface area (Å²) in [6.07, 6.45) is 0.583. The summed E-state index contributed by atoms with van der Waals surface area (Å²) in [5.41, 5.74) is 1.75. The summed E-state index contributed by atoms with van der Waals surface area (Å²) in [5.74, 6) is -0.590. The molecule has 0 aliphatic rings. The van der Waals surface area contributed by atoms with Crippen molar-refractivity contribution >= 4 is 40.7 Å². The zero-order valence-corrected chi connectivity index (χ0v) is 14.5. The molecule has 0 heterocycles. The second-order valence-electron chi connectivity index (χ2n) is 5.06. The van der Waals surface area contributed by atoms with E-state index in [0.29, 0.717) is 29.6 Å². The minimum Gasteiger partial charge on any atom is -0.337 e. The summed E-state index contributed by atoms with van der Waals surface area (Å²) >= 11 is 17.7. The van der Waals surface area contributed by atoms with Crippen LogP contribution in [0.4, 0.5) is 4.39 Å². The van der Waals surface area contributed by atoms with Crippen molar-refractivity contribution in [3.05, 3.63) is 69.5 Å².